The van der Waals surface area contributed by atoms with Crippen LogP contribution in [0.4, 0.5) is 0 Å². The molecule has 0 aromatic rings. The van der Waals surface area contributed by atoms with Crippen molar-refractivity contribution in [1.82, 2.24) is 0 Å². The molecule has 0 fully saturated rings. The van der Waals surface area contributed by atoms with Gasteiger partial charge in [-0.05, 0) is 6.42 Å². The third kappa shape index (κ3) is 80.8. The van der Waals surface area contributed by atoms with Crippen LogP contribution in [0, 0.1) is 0 Å². The normalized spacial score (nSPS) is 7.81. The van der Waals surface area contributed by atoms with Gasteiger partial charge in [-0.3, -0.25) is 0 Å². The first-order chi connectivity index (χ1) is 5.41. The molecule has 0 aliphatic rings. The van der Waals surface area contributed by atoms with E-state index in [9.17, 15) is 0 Å². The summed E-state index contributed by atoms with van der Waals surface area (Å²) >= 11 is 0. The number of hydrogen-bond acceptors (Lipinski definition) is 2. The Kier molecular flexibility index (Phi) is 63.2. The van der Waals surface area contributed by atoms with Crippen LogP contribution in [-0.4, -0.2) is 26.4 Å². The van der Waals surface area contributed by atoms with Crippen molar-refractivity contribution in [3.8, 4) is 0 Å². The standard InChI is InChI=1S/C6H14O.4Na.H3O4P.4H/c1-2-3-4-5-6-7;;;;;1-5(2,3)4;;;;/h7H,2-6H2,1H3;;;;;(H3,1,2,3,4);;;;/q;4*+1;;4*-1. The Bertz CT molecular complexity index is 136. The molecule has 16 heavy (non-hydrogen) atoms. The fourth-order valence-corrected chi connectivity index (χ4v) is 0.539. The van der Waals surface area contributed by atoms with Gasteiger partial charge >= 0.3 is 126 Å². The zero-order valence-corrected chi connectivity index (χ0v) is 20.1. The quantitative estimate of drug-likeness (QED) is 0.235. The summed E-state index contributed by atoms with van der Waals surface area (Å²) in [5, 5.41) is 8.29. The minimum Gasteiger partial charge on any atom is -1.00 e. The Balaban J connectivity index is -0.00000000910. The van der Waals surface area contributed by atoms with E-state index in [4.69, 9.17) is 24.4 Å². The fourth-order valence-electron chi connectivity index (χ4n) is 0.539. The molecule has 0 unspecified atom stereocenters. The minimum absolute atomic E-state index is 0. The molecule has 5 nitrogen and oxygen atoms in total. The van der Waals surface area contributed by atoms with Crippen molar-refractivity contribution in [2.45, 2.75) is 32.6 Å². The molecule has 4 N–H and O–H groups in total. The molecule has 0 spiro atoms. The molecule has 0 amide bonds. The molecule has 0 heterocycles. The van der Waals surface area contributed by atoms with Crippen LogP contribution in [0.15, 0.2) is 0 Å². The SMILES string of the molecule is CCCCCCO.O=P(O)(O)O.[H-].[H-].[H-].[H-].[Na+].[Na+].[Na+].[Na+]. The fraction of sp³-hybridized carbons (Fsp3) is 1.00. The van der Waals surface area contributed by atoms with E-state index in [-0.39, 0.29) is 124 Å². The van der Waals surface area contributed by atoms with Crippen LogP contribution in [0.5, 0.6) is 0 Å². The topological polar surface area (TPSA) is 98.0 Å². The van der Waals surface area contributed by atoms with Crippen molar-refractivity contribution in [3.63, 3.8) is 0 Å². The van der Waals surface area contributed by atoms with Gasteiger partial charge in [0.15, 0.2) is 0 Å². The van der Waals surface area contributed by atoms with Gasteiger partial charge in [0, 0.05) is 6.61 Å². The van der Waals surface area contributed by atoms with Crippen LogP contribution < -0.4 is 118 Å². The Morgan fingerprint density at radius 2 is 1.25 bits per heavy atom. The number of unbranched alkanes of at least 4 members (excludes halogenated alkanes) is 3. The maximum Gasteiger partial charge on any atom is 1.00 e. The van der Waals surface area contributed by atoms with Gasteiger partial charge < -0.3 is 25.5 Å². The molecule has 0 radical (unpaired) electrons. The molecule has 84 valence electrons. The van der Waals surface area contributed by atoms with Gasteiger partial charge in [0.25, 0.3) is 0 Å². The molecular weight excluding hydrogens is 275 g/mol. The van der Waals surface area contributed by atoms with Gasteiger partial charge in [-0.25, -0.2) is 4.57 Å². The molecule has 0 aromatic carbocycles. The van der Waals surface area contributed by atoms with E-state index in [2.05, 4.69) is 6.92 Å². The van der Waals surface area contributed by atoms with E-state index in [0.717, 1.165) is 6.42 Å². The van der Waals surface area contributed by atoms with E-state index in [1.54, 1.807) is 0 Å². The van der Waals surface area contributed by atoms with Crippen molar-refractivity contribution in [2.75, 3.05) is 6.61 Å². The van der Waals surface area contributed by atoms with Gasteiger partial charge in [-0.15, -0.1) is 0 Å². The van der Waals surface area contributed by atoms with Crippen LogP contribution in [-0.2, 0) is 4.57 Å². The van der Waals surface area contributed by atoms with E-state index < -0.39 is 7.82 Å². The van der Waals surface area contributed by atoms with E-state index in [1.807, 2.05) is 0 Å². The van der Waals surface area contributed by atoms with Crippen molar-refractivity contribution in [2.24, 2.45) is 0 Å². The van der Waals surface area contributed by atoms with Gasteiger partial charge in [0.2, 0.25) is 0 Å². The van der Waals surface area contributed by atoms with E-state index in [1.165, 1.54) is 19.3 Å². The monoisotopic (exact) mass is 296 g/mol. The summed E-state index contributed by atoms with van der Waals surface area (Å²) in [6, 6.07) is 0. The third-order valence-electron chi connectivity index (χ3n) is 1.01. The Hall–Kier alpha value is 4.07. The summed E-state index contributed by atoms with van der Waals surface area (Å²) in [6.45, 7) is 2.53. The third-order valence-corrected chi connectivity index (χ3v) is 1.01. The molecule has 0 aliphatic carbocycles. The molecular formula is C6H21Na4O5P. The number of aliphatic hydroxyl groups is 1. The second-order valence-electron chi connectivity index (χ2n) is 2.30. The summed E-state index contributed by atoms with van der Waals surface area (Å²) in [7, 11) is -4.64. The molecule has 0 saturated heterocycles. The molecule has 0 atom stereocenters. The zero-order chi connectivity index (χ0) is 10.0. The average Bonchev–Trinajstić information content (AvgIpc) is 1.85. The predicted octanol–water partition coefficient (Wildman–Crippen LogP) is -10.9. The maximum absolute atomic E-state index is 8.88. The summed E-state index contributed by atoms with van der Waals surface area (Å²) in [5.74, 6) is 0. The summed E-state index contributed by atoms with van der Waals surface area (Å²) in [4.78, 5) is 21.6. The number of aliphatic hydroxyl groups excluding tert-OH is 1. The zero-order valence-electron chi connectivity index (χ0n) is 15.2. The van der Waals surface area contributed by atoms with E-state index in [0.29, 0.717) is 6.61 Å². The van der Waals surface area contributed by atoms with Crippen molar-refractivity contribution in [3.05, 3.63) is 0 Å². The molecule has 0 rings (SSSR count). The van der Waals surface area contributed by atoms with Gasteiger partial charge in [0.1, 0.15) is 0 Å². The van der Waals surface area contributed by atoms with Gasteiger partial charge in [-0.2, -0.15) is 0 Å². The Labute approximate surface area is 192 Å². The van der Waals surface area contributed by atoms with Crippen LogP contribution >= 0.6 is 7.82 Å². The van der Waals surface area contributed by atoms with Crippen molar-refractivity contribution in [1.29, 1.82) is 0 Å². The average molecular weight is 296 g/mol. The first kappa shape index (κ1) is 36.9. The number of phosphoric acid groups is 1. The predicted molar refractivity (Wildman–Crippen MR) is 49.9 cm³/mol. The number of hydrogen-bond donors (Lipinski definition) is 4. The second-order valence-corrected chi connectivity index (χ2v) is 3.32. The Morgan fingerprint density at radius 3 is 1.44 bits per heavy atom. The molecule has 10 heteroatoms. The smallest absolute Gasteiger partial charge is 1.00 e. The minimum atomic E-state index is -4.64. The van der Waals surface area contributed by atoms with Gasteiger partial charge in [-0.1, -0.05) is 26.2 Å². The van der Waals surface area contributed by atoms with E-state index >= 15 is 0 Å². The Morgan fingerprint density at radius 1 is 0.938 bits per heavy atom. The summed E-state index contributed by atoms with van der Waals surface area (Å²) in [6.07, 6.45) is 4.68. The number of rotatable bonds is 4. The van der Waals surface area contributed by atoms with Crippen LogP contribution in [0.3, 0.4) is 0 Å². The van der Waals surface area contributed by atoms with Crippen LogP contribution in [0.2, 0.25) is 0 Å². The molecule has 0 aliphatic heterocycles. The van der Waals surface area contributed by atoms with Gasteiger partial charge in [0.05, 0.1) is 0 Å². The molecule has 0 bridgehead atoms. The second kappa shape index (κ2) is 27.4. The van der Waals surface area contributed by atoms with Crippen molar-refractivity contribution >= 4 is 7.82 Å². The molecule has 0 aromatic heterocycles. The largest absolute Gasteiger partial charge is 1.00 e. The molecule has 0 saturated carbocycles. The summed E-state index contributed by atoms with van der Waals surface area (Å²) < 4.78 is 8.88. The van der Waals surface area contributed by atoms with Crippen LogP contribution in [0.25, 0.3) is 0 Å². The maximum atomic E-state index is 8.88. The summed E-state index contributed by atoms with van der Waals surface area (Å²) in [5.41, 5.74) is 0. The first-order valence-electron chi connectivity index (χ1n) is 3.81. The van der Waals surface area contributed by atoms with Crippen LogP contribution in [0.1, 0.15) is 38.3 Å². The first-order valence-corrected chi connectivity index (χ1v) is 5.37. The van der Waals surface area contributed by atoms with Crippen molar-refractivity contribution < 1.29 is 148 Å².